The van der Waals surface area contributed by atoms with Gasteiger partial charge in [0.15, 0.2) is 0 Å². The average molecular weight is 510 g/mol. The van der Waals surface area contributed by atoms with Crippen LogP contribution in [0, 0.1) is 13.8 Å². The summed E-state index contributed by atoms with van der Waals surface area (Å²) in [5.41, 5.74) is 1.70. The number of carbonyl (C=O) groups excluding carboxylic acids is 1. The molecule has 0 bridgehead atoms. The number of nitrogens with one attached hydrogen (secondary N) is 1. The number of aromatic nitrogens is 4. The summed E-state index contributed by atoms with van der Waals surface area (Å²) < 4.78 is 40.7. The Bertz CT molecular complexity index is 1130. The third kappa shape index (κ3) is 4.62. The topological polar surface area (TPSA) is 66.8 Å². The highest BCUT2D eigenvalue weighted by Gasteiger charge is 2.37. The minimum atomic E-state index is -4.56. The van der Waals surface area contributed by atoms with Crippen molar-refractivity contribution in [2.75, 3.05) is 11.4 Å². The van der Waals surface area contributed by atoms with Gasteiger partial charge in [-0.3, -0.25) is 9.48 Å². The second kappa shape index (κ2) is 9.76. The summed E-state index contributed by atoms with van der Waals surface area (Å²) in [5.74, 6) is 0.339. The molecule has 32 heavy (non-hydrogen) atoms. The van der Waals surface area contributed by atoms with Crippen LogP contribution in [0.25, 0.3) is 11.3 Å². The van der Waals surface area contributed by atoms with Gasteiger partial charge < -0.3 is 9.88 Å². The first-order valence-corrected chi connectivity index (χ1v) is 9.25. The van der Waals surface area contributed by atoms with Gasteiger partial charge in [-0.2, -0.15) is 31.8 Å². The number of hydrogen-bond acceptors (Lipinski definition) is 3. The summed E-state index contributed by atoms with van der Waals surface area (Å²) in [5, 5.41) is 3.90. The Labute approximate surface area is 202 Å². The molecule has 12 heteroatoms. The molecule has 0 fully saturated rings. The molecule has 0 unspecified atom stereocenters. The van der Waals surface area contributed by atoms with Crippen molar-refractivity contribution in [3.8, 4) is 11.3 Å². The fraction of sp³-hybridized carbons (Fsp3) is 0.350. The lowest BCUT2D eigenvalue weighted by molar-refractivity contribution is -0.137. The smallest absolute Gasteiger partial charge is 0.346 e. The molecule has 0 spiro atoms. The summed E-state index contributed by atoms with van der Waals surface area (Å²) in [4.78, 5) is 22.3. The predicted molar refractivity (Wildman–Crippen MR) is 126 cm³/mol. The monoisotopic (exact) mass is 509 g/mol. The molecule has 1 amide bonds. The molecule has 1 aliphatic heterocycles. The summed E-state index contributed by atoms with van der Waals surface area (Å²) in [7, 11) is 0. The second-order valence-electron chi connectivity index (χ2n) is 7.07. The maximum absolute atomic E-state index is 13.3. The molecule has 0 aliphatic carbocycles. The normalized spacial score (nSPS) is 15.4. The van der Waals surface area contributed by atoms with Gasteiger partial charge in [-0.25, -0.2) is 4.98 Å². The molecule has 1 N–H and O–H groups in total. The zero-order valence-electron chi connectivity index (χ0n) is 16.7. The van der Waals surface area contributed by atoms with Gasteiger partial charge in [0, 0.05) is 17.9 Å². The van der Waals surface area contributed by atoms with Crippen molar-refractivity contribution < 1.29 is 18.0 Å². The molecular formula is C20H24Cl2F3N5OS. The van der Waals surface area contributed by atoms with E-state index in [1.807, 2.05) is 20.8 Å². The number of nitrogens with zero attached hydrogens (tertiary/aromatic N) is 4. The Morgan fingerprint density at radius 2 is 1.91 bits per heavy atom. The average Bonchev–Trinajstić information content (AvgIpc) is 3.20. The maximum Gasteiger partial charge on any atom is 0.417 e. The molecular weight excluding hydrogens is 486 g/mol. The molecule has 0 saturated carbocycles. The van der Waals surface area contributed by atoms with E-state index < -0.39 is 16.8 Å². The first kappa shape index (κ1) is 27.9. The highest BCUT2D eigenvalue weighted by Crippen LogP contribution is 2.38. The maximum atomic E-state index is 13.3. The molecule has 3 aromatic rings. The van der Waals surface area contributed by atoms with Crippen molar-refractivity contribution >= 4 is 49.1 Å². The van der Waals surface area contributed by atoms with Crippen molar-refractivity contribution in [1.29, 1.82) is 0 Å². The number of alkyl halides is 3. The van der Waals surface area contributed by atoms with E-state index in [9.17, 15) is 18.0 Å². The highest BCUT2D eigenvalue weighted by molar-refractivity contribution is 7.59. The largest absolute Gasteiger partial charge is 0.417 e. The Balaban J connectivity index is 0.00000171. The number of benzene rings is 1. The van der Waals surface area contributed by atoms with Crippen LogP contribution in [0.5, 0.6) is 0 Å². The lowest BCUT2D eigenvalue weighted by atomic mass is 10.1. The molecule has 3 heterocycles. The first-order chi connectivity index (χ1) is 13.6. The van der Waals surface area contributed by atoms with E-state index in [0.29, 0.717) is 28.5 Å². The zero-order valence-corrected chi connectivity index (χ0v) is 19.3. The van der Waals surface area contributed by atoms with Crippen LogP contribution >= 0.6 is 37.5 Å². The number of imidazole rings is 1. The summed E-state index contributed by atoms with van der Waals surface area (Å²) in [6.45, 7) is 5.80. The quantitative estimate of drug-likeness (QED) is 0.463. The standard InChI is InChI=1S/C19H17ClF3N5O.CH4.ClH.H2S/c1-9-8-27(12-4-5-14(15(20)6-12)19(21,22)23)18(29)17-13(7-24-28(9)17)16-10(2)25-11(3)26-16;;;/h4-7,9H,8H2,1-3H3,(H,25,26);1H4;1H;1H2/t9-;;;/m0.../s1. The minimum absolute atomic E-state index is 0. The van der Waals surface area contributed by atoms with Crippen LogP contribution in [-0.2, 0) is 6.18 Å². The number of carbonyl (C=O) groups is 1. The van der Waals surface area contributed by atoms with E-state index in [-0.39, 0.29) is 51.8 Å². The Kier molecular flexibility index (Phi) is 8.50. The van der Waals surface area contributed by atoms with Crippen LogP contribution < -0.4 is 4.90 Å². The van der Waals surface area contributed by atoms with Crippen molar-refractivity contribution in [1.82, 2.24) is 19.7 Å². The summed E-state index contributed by atoms with van der Waals surface area (Å²) >= 11 is 5.86. The molecule has 6 nitrogen and oxygen atoms in total. The zero-order chi connectivity index (χ0) is 21.1. The van der Waals surface area contributed by atoms with Gasteiger partial charge in [0.2, 0.25) is 0 Å². The highest BCUT2D eigenvalue weighted by atomic mass is 35.5. The van der Waals surface area contributed by atoms with Gasteiger partial charge >= 0.3 is 6.18 Å². The fourth-order valence-electron chi connectivity index (χ4n) is 3.63. The fourth-order valence-corrected chi connectivity index (χ4v) is 3.91. The lowest BCUT2D eigenvalue weighted by Gasteiger charge is -2.32. The number of fused-ring (bicyclic) bond motifs is 1. The number of rotatable bonds is 2. The molecule has 176 valence electrons. The van der Waals surface area contributed by atoms with E-state index in [1.165, 1.54) is 17.0 Å². The molecule has 2 aromatic heterocycles. The molecule has 1 atom stereocenters. The van der Waals surface area contributed by atoms with E-state index in [1.54, 1.807) is 10.9 Å². The van der Waals surface area contributed by atoms with Crippen molar-refractivity contribution in [3.63, 3.8) is 0 Å². The van der Waals surface area contributed by atoms with Gasteiger partial charge in [0.25, 0.3) is 5.91 Å². The van der Waals surface area contributed by atoms with Gasteiger partial charge in [-0.1, -0.05) is 19.0 Å². The number of hydrogen-bond donors (Lipinski definition) is 1. The number of anilines is 1. The Hall–Kier alpha value is -2.17. The van der Waals surface area contributed by atoms with Crippen LogP contribution in [0.1, 0.15) is 48.0 Å². The van der Waals surface area contributed by atoms with E-state index in [0.717, 1.165) is 11.8 Å². The van der Waals surface area contributed by atoms with Crippen molar-refractivity contribution in [3.05, 3.63) is 52.2 Å². The lowest BCUT2D eigenvalue weighted by Crippen LogP contribution is -2.42. The van der Waals surface area contributed by atoms with Gasteiger partial charge in [-0.05, 0) is 39.0 Å². The van der Waals surface area contributed by atoms with Gasteiger partial charge in [0.05, 0.1) is 34.1 Å². The third-order valence-electron chi connectivity index (χ3n) is 4.94. The minimum Gasteiger partial charge on any atom is -0.346 e. The molecule has 4 rings (SSSR count). The Morgan fingerprint density at radius 3 is 2.44 bits per heavy atom. The SMILES string of the molecule is C.Cc1nc(-c2cnn3c2C(=O)N(c2ccc(C(F)(F)F)c(Cl)c2)C[C@@H]3C)c(C)[nH]1.Cl.S. The predicted octanol–water partition coefficient (Wildman–Crippen LogP) is 5.95. The molecule has 1 aromatic carbocycles. The van der Waals surface area contributed by atoms with Crippen molar-refractivity contribution in [2.45, 2.75) is 40.4 Å². The van der Waals surface area contributed by atoms with Crippen LogP contribution in [0.4, 0.5) is 18.9 Å². The van der Waals surface area contributed by atoms with Crippen molar-refractivity contribution in [2.24, 2.45) is 0 Å². The molecule has 1 aliphatic rings. The first-order valence-electron chi connectivity index (χ1n) is 8.87. The third-order valence-corrected chi connectivity index (χ3v) is 5.25. The number of aromatic amines is 1. The number of aryl methyl sites for hydroxylation is 2. The van der Waals surface area contributed by atoms with E-state index in [2.05, 4.69) is 15.1 Å². The van der Waals surface area contributed by atoms with E-state index >= 15 is 0 Å². The number of H-pyrrole nitrogens is 1. The van der Waals surface area contributed by atoms with Crippen LogP contribution in [0.15, 0.2) is 24.4 Å². The van der Waals surface area contributed by atoms with Crippen LogP contribution in [-0.4, -0.2) is 32.2 Å². The molecule has 0 radical (unpaired) electrons. The van der Waals surface area contributed by atoms with Gasteiger partial charge in [0.1, 0.15) is 11.5 Å². The van der Waals surface area contributed by atoms with Gasteiger partial charge in [-0.15, -0.1) is 12.4 Å². The number of halogens is 5. The summed E-state index contributed by atoms with van der Waals surface area (Å²) in [6.07, 6.45) is -2.97. The number of amides is 1. The van der Waals surface area contributed by atoms with Crippen LogP contribution in [0.2, 0.25) is 5.02 Å². The second-order valence-corrected chi connectivity index (χ2v) is 7.48. The van der Waals surface area contributed by atoms with Crippen LogP contribution in [0.3, 0.4) is 0 Å². The molecule has 0 saturated heterocycles. The van der Waals surface area contributed by atoms with E-state index in [4.69, 9.17) is 11.6 Å². The summed E-state index contributed by atoms with van der Waals surface area (Å²) in [6, 6.07) is 3.14. The Morgan fingerprint density at radius 1 is 1.25 bits per heavy atom.